The summed E-state index contributed by atoms with van der Waals surface area (Å²) in [7, 11) is 0. The van der Waals surface area contributed by atoms with Gasteiger partial charge in [-0.1, -0.05) is 5.16 Å². The number of carbonyl (C=O) groups excluding carboxylic acids is 1. The lowest BCUT2D eigenvalue weighted by molar-refractivity contribution is 0.0487. The molecule has 0 spiro atoms. The smallest absolute Gasteiger partial charge is 0.339 e. The average molecular weight is 341 g/mol. The molecule has 2 aromatic heterocycles. The molecule has 4 rings (SSSR count). The molecule has 2 aliphatic carbocycles. The Kier molecular flexibility index (Phi) is 3.13. The second-order valence-electron chi connectivity index (χ2n) is 6.08. The van der Waals surface area contributed by atoms with Crippen LogP contribution in [0.4, 0.5) is 0 Å². The number of hydrogen-bond donors (Lipinski definition) is 0. The molecular weight excluding hydrogens is 327 g/mol. The maximum atomic E-state index is 12.4. The summed E-state index contributed by atoms with van der Waals surface area (Å²) in [5.41, 5.74) is 2.35. The van der Waals surface area contributed by atoms with Crippen LogP contribution in [0.3, 0.4) is 0 Å². The number of ether oxygens (including phenoxy) is 1. The molecule has 2 aliphatic rings. The second kappa shape index (κ2) is 4.83. The molecule has 0 N–H and O–H groups in total. The Balaban J connectivity index is 1.63. The van der Waals surface area contributed by atoms with Crippen molar-refractivity contribution in [3.63, 3.8) is 0 Å². The molecule has 1 unspecified atom stereocenters. The van der Waals surface area contributed by atoms with Gasteiger partial charge < -0.3 is 9.26 Å². The normalized spacial score (nSPS) is 22.8. The monoisotopic (exact) mass is 340 g/mol. The van der Waals surface area contributed by atoms with Crippen LogP contribution in [-0.4, -0.2) is 27.1 Å². The summed E-state index contributed by atoms with van der Waals surface area (Å²) >= 11 is 11.9. The predicted molar refractivity (Wildman–Crippen MR) is 81.3 cm³/mol. The molecule has 7 heteroatoms. The van der Waals surface area contributed by atoms with Crippen molar-refractivity contribution < 1.29 is 14.1 Å². The number of carbonyl (C=O) groups is 1. The fourth-order valence-electron chi connectivity index (χ4n) is 2.57. The zero-order chi connectivity index (χ0) is 15.5. The quantitative estimate of drug-likeness (QED) is 0.626. The Morgan fingerprint density at radius 3 is 2.86 bits per heavy atom. The first-order valence-corrected chi connectivity index (χ1v) is 8.03. The summed E-state index contributed by atoms with van der Waals surface area (Å²) in [6.45, 7) is 2.00. The Labute approximate surface area is 136 Å². The van der Waals surface area contributed by atoms with Crippen LogP contribution in [0.5, 0.6) is 0 Å². The van der Waals surface area contributed by atoms with Crippen molar-refractivity contribution in [2.24, 2.45) is 5.92 Å². The summed E-state index contributed by atoms with van der Waals surface area (Å²) in [6.07, 6.45) is 2.82. The highest BCUT2D eigenvalue weighted by Crippen LogP contribution is 2.53. The topological polar surface area (TPSA) is 65.2 Å². The number of aryl methyl sites for hydroxylation is 1. The van der Waals surface area contributed by atoms with E-state index >= 15 is 0 Å². The molecule has 2 aromatic rings. The van der Waals surface area contributed by atoms with Crippen molar-refractivity contribution in [3.8, 4) is 0 Å². The van der Waals surface area contributed by atoms with Crippen LogP contribution in [0.2, 0.25) is 0 Å². The average Bonchev–Trinajstić information content (AvgIpc) is 3.37. The molecule has 0 aliphatic heterocycles. The number of nitrogens with zero attached hydrogens (tertiary/aromatic N) is 2. The minimum Gasteiger partial charge on any atom is -0.462 e. The van der Waals surface area contributed by atoms with Gasteiger partial charge in [-0.05, 0) is 32.3 Å². The summed E-state index contributed by atoms with van der Waals surface area (Å²) in [5.74, 6) is 0.00309. The summed E-state index contributed by atoms with van der Waals surface area (Å²) < 4.78 is 9.84. The van der Waals surface area contributed by atoms with E-state index in [1.54, 1.807) is 13.0 Å². The first-order chi connectivity index (χ1) is 10.5. The van der Waals surface area contributed by atoms with Crippen molar-refractivity contribution in [2.45, 2.75) is 36.4 Å². The number of fused-ring (bicyclic) bond motifs is 1. The van der Waals surface area contributed by atoms with E-state index in [9.17, 15) is 4.79 Å². The van der Waals surface area contributed by atoms with E-state index in [0.29, 0.717) is 34.7 Å². The molecule has 22 heavy (non-hydrogen) atoms. The highest BCUT2D eigenvalue weighted by molar-refractivity contribution is 6.50. The Morgan fingerprint density at radius 1 is 1.50 bits per heavy atom. The van der Waals surface area contributed by atoms with Gasteiger partial charge in [0.15, 0.2) is 0 Å². The zero-order valence-corrected chi connectivity index (χ0v) is 13.4. The Morgan fingerprint density at radius 2 is 2.23 bits per heavy atom. The number of pyridine rings is 1. The molecule has 0 amide bonds. The van der Waals surface area contributed by atoms with Crippen molar-refractivity contribution in [2.75, 3.05) is 6.61 Å². The Hall–Kier alpha value is -1.33. The fourth-order valence-corrected chi connectivity index (χ4v) is 3.07. The van der Waals surface area contributed by atoms with Gasteiger partial charge in [0.2, 0.25) is 0 Å². The molecule has 0 bridgehead atoms. The van der Waals surface area contributed by atoms with Crippen molar-refractivity contribution in [1.29, 1.82) is 0 Å². The van der Waals surface area contributed by atoms with Gasteiger partial charge in [0.1, 0.15) is 4.33 Å². The van der Waals surface area contributed by atoms with Crippen LogP contribution in [0.25, 0.3) is 11.1 Å². The van der Waals surface area contributed by atoms with Crippen LogP contribution >= 0.6 is 23.2 Å². The summed E-state index contributed by atoms with van der Waals surface area (Å²) in [5, 5.41) is 4.52. The largest absolute Gasteiger partial charge is 0.462 e. The van der Waals surface area contributed by atoms with Crippen LogP contribution in [0.15, 0.2) is 10.6 Å². The number of alkyl halides is 2. The van der Waals surface area contributed by atoms with E-state index in [-0.39, 0.29) is 12.5 Å². The van der Waals surface area contributed by atoms with E-state index in [2.05, 4.69) is 10.1 Å². The number of aromatic nitrogens is 2. The van der Waals surface area contributed by atoms with Gasteiger partial charge in [0.05, 0.1) is 23.3 Å². The maximum absolute atomic E-state index is 12.4. The van der Waals surface area contributed by atoms with E-state index in [0.717, 1.165) is 18.5 Å². The molecule has 1 atom stereocenters. The van der Waals surface area contributed by atoms with Crippen LogP contribution in [0, 0.1) is 12.8 Å². The maximum Gasteiger partial charge on any atom is 0.339 e. The van der Waals surface area contributed by atoms with Crippen LogP contribution in [0.1, 0.15) is 46.9 Å². The third kappa shape index (κ3) is 2.46. The van der Waals surface area contributed by atoms with Gasteiger partial charge >= 0.3 is 5.97 Å². The molecular formula is C15H14Cl2N2O3. The molecule has 5 nitrogen and oxygen atoms in total. The first-order valence-electron chi connectivity index (χ1n) is 7.27. The molecule has 2 heterocycles. The minimum absolute atomic E-state index is 0.00332. The minimum atomic E-state index is -0.750. The lowest BCUT2D eigenvalue weighted by Gasteiger charge is -2.07. The lowest BCUT2D eigenvalue weighted by Crippen LogP contribution is -2.11. The highest BCUT2D eigenvalue weighted by Gasteiger charge is 2.52. The molecule has 0 radical (unpaired) electrons. The van der Waals surface area contributed by atoms with Gasteiger partial charge in [0, 0.05) is 17.5 Å². The van der Waals surface area contributed by atoms with E-state index in [1.807, 2.05) is 0 Å². The molecule has 0 aromatic carbocycles. The van der Waals surface area contributed by atoms with E-state index < -0.39 is 10.3 Å². The van der Waals surface area contributed by atoms with Crippen LogP contribution < -0.4 is 0 Å². The lowest BCUT2D eigenvalue weighted by atomic mass is 10.1. The van der Waals surface area contributed by atoms with Crippen molar-refractivity contribution >= 4 is 40.3 Å². The Bertz CT molecular complexity index is 767. The van der Waals surface area contributed by atoms with Crippen LogP contribution in [-0.2, 0) is 4.74 Å². The van der Waals surface area contributed by atoms with Gasteiger partial charge in [-0.15, -0.1) is 23.2 Å². The van der Waals surface area contributed by atoms with Crippen molar-refractivity contribution in [1.82, 2.24) is 10.1 Å². The summed E-state index contributed by atoms with van der Waals surface area (Å²) in [6, 6.07) is 1.80. The number of rotatable bonds is 4. The van der Waals surface area contributed by atoms with Gasteiger partial charge in [-0.2, -0.15) is 0 Å². The third-order valence-corrected chi connectivity index (χ3v) is 5.15. The standard InChI is InChI=1S/C15H14Cl2N2O3/c1-7-12-10(14(20)21-6-9-5-15(9,16)17)4-11(8-2-3-8)18-13(12)22-19-7/h4,8-9H,2-3,5-6H2,1H3. The predicted octanol–water partition coefficient (Wildman–Crippen LogP) is 3.76. The van der Waals surface area contributed by atoms with E-state index in [1.165, 1.54) is 0 Å². The molecule has 116 valence electrons. The van der Waals surface area contributed by atoms with E-state index in [4.69, 9.17) is 32.5 Å². The fraction of sp³-hybridized carbons (Fsp3) is 0.533. The SMILES string of the molecule is Cc1noc2nc(C3CC3)cc(C(=O)OCC3CC3(Cl)Cl)c12. The third-order valence-electron chi connectivity index (χ3n) is 4.22. The van der Waals surface area contributed by atoms with Gasteiger partial charge in [0.25, 0.3) is 5.71 Å². The second-order valence-corrected chi connectivity index (χ2v) is 7.62. The number of hydrogen-bond acceptors (Lipinski definition) is 5. The molecule has 0 saturated heterocycles. The highest BCUT2D eigenvalue weighted by atomic mass is 35.5. The number of esters is 1. The summed E-state index contributed by atoms with van der Waals surface area (Å²) in [4.78, 5) is 16.9. The first kappa shape index (κ1) is 14.3. The molecule has 2 fully saturated rings. The van der Waals surface area contributed by atoms with Gasteiger partial charge in [-0.25, -0.2) is 9.78 Å². The van der Waals surface area contributed by atoms with Gasteiger partial charge in [-0.3, -0.25) is 0 Å². The molecule has 2 saturated carbocycles. The van der Waals surface area contributed by atoms with Crippen molar-refractivity contribution in [3.05, 3.63) is 23.0 Å². The number of halogens is 2. The zero-order valence-electron chi connectivity index (χ0n) is 11.9.